The van der Waals surface area contributed by atoms with Crippen LogP contribution >= 0.6 is 11.3 Å². The van der Waals surface area contributed by atoms with E-state index < -0.39 is 18.6 Å². The molecule has 6 nitrogen and oxygen atoms in total. The molecule has 0 atom stereocenters. The van der Waals surface area contributed by atoms with Gasteiger partial charge >= 0.3 is 6.18 Å². The second-order valence-electron chi connectivity index (χ2n) is 6.15. The maximum Gasteiger partial charge on any atom is 0.406 e. The Bertz CT molecular complexity index is 598. The Morgan fingerprint density at radius 1 is 1.42 bits per heavy atom. The number of thiophene rings is 1. The largest absolute Gasteiger partial charge is 0.406 e. The van der Waals surface area contributed by atoms with E-state index in [1.165, 1.54) is 5.00 Å². The molecule has 10 heteroatoms. The van der Waals surface area contributed by atoms with Gasteiger partial charge in [0.25, 0.3) is 0 Å². The lowest BCUT2D eigenvalue weighted by Crippen LogP contribution is -2.50. The Labute approximate surface area is 155 Å². The number of guanidine groups is 1. The molecule has 1 amide bonds. The summed E-state index contributed by atoms with van der Waals surface area (Å²) < 4.78 is 37.0. The molecular formula is C16H24F3N5OS. The minimum absolute atomic E-state index is 0.209. The predicted molar refractivity (Wildman–Crippen MR) is 97.7 cm³/mol. The molecule has 1 aliphatic rings. The molecule has 0 aliphatic carbocycles. The van der Waals surface area contributed by atoms with Gasteiger partial charge in [-0.15, -0.1) is 11.3 Å². The number of nitrogens with zero attached hydrogens (tertiary/aromatic N) is 3. The molecule has 2 heterocycles. The topological polar surface area (TPSA) is 60.0 Å². The summed E-state index contributed by atoms with van der Waals surface area (Å²) in [6.07, 6.45) is -2.57. The predicted octanol–water partition coefficient (Wildman–Crippen LogP) is 1.90. The van der Waals surface area contributed by atoms with Gasteiger partial charge in [-0.3, -0.25) is 9.79 Å². The van der Waals surface area contributed by atoms with Crippen molar-refractivity contribution in [2.75, 3.05) is 45.2 Å². The first-order chi connectivity index (χ1) is 12.3. The maximum absolute atomic E-state index is 12.3. The van der Waals surface area contributed by atoms with Gasteiger partial charge in [0, 0.05) is 33.2 Å². The van der Waals surface area contributed by atoms with Crippen LogP contribution in [0, 0.1) is 0 Å². The number of halogens is 3. The summed E-state index contributed by atoms with van der Waals surface area (Å²) in [7, 11) is 2.70. The van der Waals surface area contributed by atoms with Gasteiger partial charge < -0.3 is 20.4 Å². The number of alkyl halides is 3. The second kappa shape index (κ2) is 9.11. The molecule has 0 radical (unpaired) electrons. The smallest absolute Gasteiger partial charge is 0.363 e. The number of anilines is 1. The van der Waals surface area contributed by atoms with Crippen molar-refractivity contribution in [1.29, 1.82) is 0 Å². The van der Waals surface area contributed by atoms with Crippen molar-refractivity contribution >= 4 is 28.2 Å². The van der Waals surface area contributed by atoms with Crippen molar-refractivity contribution in [2.24, 2.45) is 4.99 Å². The molecule has 1 saturated heterocycles. The molecule has 0 saturated carbocycles. The van der Waals surface area contributed by atoms with Crippen LogP contribution in [0.2, 0.25) is 0 Å². The van der Waals surface area contributed by atoms with Crippen molar-refractivity contribution in [3.8, 4) is 0 Å². The highest BCUT2D eigenvalue weighted by atomic mass is 32.1. The number of likely N-dealkylation sites (N-methyl/N-ethyl adjacent to an activating group) is 1. The molecule has 1 aromatic heterocycles. The van der Waals surface area contributed by atoms with Gasteiger partial charge in [0.2, 0.25) is 5.91 Å². The third-order valence-electron chi connectivity index (χ3n) is 4.13. The van der Waals surface area contributed by atoms with Crippen molar-refractivity contribution in [3.63, 3.8) is 0 Å². The fraction of sp³-hybridized carbons (Fsp3) is 0.625. The summed E-state index contributed by atoms with van der Waals surface area (Å²) in [5.74, 6) is -0.217. The van der Waals surface area contributed by atoms with Crippen LogP contribution in [0.25, 0.3) is 0 Å². The van der Waals surface area contributed by atoms with E-state index in [0.717, 1.165) is 33.0 Å². The van der Waals surface area contributed by atoms with Crippen molar-refractivity contribution in [2.45, 2.75) is 25.1 Å². The fourth-order valence-corrected chi connectivity index (χ4v) is 3.52. The van der Waals surface area contributed by atoms with Gasteiger partial charge in [-0.25, -0.2) is 0 Å². The van der Waals surface area contributed by atoms with E-state index in [2.05, 4.69) is 32.0 Å². The van der Waals surface area contributed by atoms with Gasteiger partial charge in [-0.2, -0.15) is 13.2 Å². The summed E-state index contributed by atoms with van der Waals surface area (Å²) in [5.41, 5.74) is 0. The Hall–Kier alpha value is -1.97. The zero-order chi connectivity index (χ0) is 19.2. The molecule has 2 N–H and O–H groups in total. The number of hydrogen-bond donors (Lipinski definition) is 2. The second-order valence-corrected chi connectivity index (χ2v) is 7.07. The van der Waals surface area contributed by atoms with Crippen LogP contribution in [0.4, 0.5) is 18.2 Å². The number of carbonyl (C=O) groups excluding carboxylic acids is 1. The Balaban J connectivity index is 1.73. The zero-order valence-corrected chi connectivity index (χ0v) is 15.7. The maximum atomic E-state index is 12.3. The molecule has 0 spiro atoms. The van der Waals surface area contributed by atoms with E-state index in [-0.39, 0.29) is 12.6 Å². The monoisotopic (exact) mass is 391 g/mol. The van der Waals surface area contributed by atoms with Gasteiger partial charge in [0.1, 0.15) is 6.54 Å². The highest BCUT2D eigenvalue weighted by Crippen LogP contribution is 2.24. The highest BCUT2D eigenvalue weighted by molar-refractivity contribution is 7.14. The molecule has 1 aliphatic heterocycles. The minimum Gasteiger partial charge on any atom is -0.363 e. The number of amides is 1. The molecule has 1 fully saturated rings. The van der Waals surface area contributed by atoms with Crippen LogP contribution in [0.1, 0.15) is 12.8 Å². The van der Waals surface area contributed by atoms with Gasteiger partial charge in [0.05, 0.1) is 11.5 Å². The molecule has 1 aromatic rings. The summed E-state index contributed by atoms with van der Waals surface area (Å²) in [6, 6.07) is 4.34. The lowest BCUT2D eigenvalue weighted by atomic mass is 10.1. The molecule has 2 rings (SSSR count). The van der Waals surface area contributed by atoms with Crippen molar-refractivity contribution in [3.05, 3.63) is 17.5 Å². The first-order valence-electron chi connectivity index (χ1n) is 8.35. The molecule has 0 aromatic carbocycles. The summed E-state index contributed by atoms with van der Waals surface area (Å²) in [4.78, 5) is 18.8. The Morgan fingerprint density at radius 2 is 2.12 bits per heavy atom. The number of hydrogen-bond acceptors (Lipinski definition) is 4. The van der Waals surface area contributed by atoms with E-state index in [9.17, 15) is 18.0 Å². The average Bonchev–Trinajstić information content (AvgIpc) is 3.11. The Kier molecular flexibility index (Phi) is 7.13. The van der Waals surface area contributed by atoms with E-state index in [1.54, 1.807) is 18.4 Å². The average molecular weight is 391 g/mol. The van der Waals surface area contributed by atoms with E-state index in [0.29, 0.717) is 10.9 Å². The van der Waals surface area contributed by atoms with Crippen LogP contribution in [-0.4, -0.2) is 69.3 Å². The molecule has 146 valence electrons. The number of piperidine rings is 1. The van der Waals surface area contributed by atoms with Crippen LogP contribution < -0.4 is 15.5 Å². The quantitative estimate of drug-likeness (QED) is 0.595. The van der Waals surface area contributed by atoms with E-state index >= 15 is 0 Å². The summed E-state index contributed by atoms with van der Waals surface area (Å²) in [5, 5.41) is 9.34. The number of carbonyl (C=O) groups is 1. The Morgan fingerprint density at radius 3 is 2.65 bits per heavy atom. The highest BCUT2D eigenvalue weighted by Gasteiger charge is 2.31. The van der Waals surface area contributed by atoms with Crippen molar-refractivity contribution in [1.82, 2.24) is 15.5 Å². The molecule has 26 heavy (non-hydrogen) atoms. The van der Waals surface area contributed by atoms with Crippen LogP contribution in [0.5, 0.6) is 0 Å². The SMILES string of the molecule is CN=C(NCC(=O)N(C)CC(F)(F)F)NC1CCN(c2cccs2)CC1. The normalized spacial score (nSPS) is 16.5. The fourth-order valence-electron chi connectivity index (χ4n) is 2.73. The number of rotatable bonds is 5. The first kappa shape index (κ1) is 20.3. The van der Waals surface area contributed by atoms with Crippen molar-refractivity contribution < 1.29 is 18.0 Å². The lowest BCUT2D eigenvalue weighted by Gasteiger charge is -2.33. The van der Waals surface area contributed by atoms with E-state index in [1.807, 2.05) is 6.07 Å². The standard InChI is InChI=1S/C16H24F3N5OS/c1-20-15(21-10-13(25)23(2)11-16(17,18)19)22-12-5-7-24(8-6-12)14-4-3-9-26-14/h3-4,9,12H,5-8,10-11H2,1-2H3,(H2,20,21,22). The first-order valence-corrected chi connectivity index (χ1v) is 9.23. The number of nitrogens with one attached hydrogen (secondary N) is 2. The third kappa shape index (κ3) is 6.40. The third-order valence-corrected chi connectivity index (χ3v) is 5.06. The van der Waals surface area contributed by atoms with E-state index in [4.69, 9.17) is 0 Å². The van der Waals surface area contributed by atoms with Crippen LogP contribution in [0.3, 0.4) is 0 Å². The molecular weight excluding hydrogens is 367 g/mol. The van der Waals surface area contributed by atoms with Gasteiger partial charge in [-0.1, -0.05) is 0 Å². The van der Waals surface area contributed by atoms with Crippen LogP contribution in [-0.2, 0) is 4.79 Å². The summed E-state index contributed by atoms with van der Waals surface area (Å²) in [6.45, 7) is 0.339. The summed E-state index contributed by atoms with van der Waals surface area (Å²) >= 11 is 1.71. The minimum atomic E-state index is -4.40. The van der Waals surface area contributed by atoms with Gasteiger partial charge in [-0.05, 0) is 30.4 Å². The molecule has 0 unspecified atom stereocenters. The van der Waals surface area contributed by atoms with Gasteiger partial charge in [0.15, 0.2) is 5.96 Å². The van der Waals surface area contributed by atoms with Crippen LogP contribution in [0.15, 0.2) is 22.5 Å². The zero-order valence-electron chi connectivity index (χ0n) is 14.8. The number of aliphatic imine (C=N–C) groups is 1. The molecule has 0 bridgehead atoms. The lowest BCUT2D eigenvalue weighted by molar-refractivity contribution is -0.157.